The van der Waals surface area contributed by atoms with Gasteiger partial charge in [0.15, 0.2) is 0 Å². The fourth-order valence-electron chi connectivity index (χ4n) is 3.31. The highest BCUT2D eigenvalue weighted by Gasteiger charge is 2.24. The van der Waals surface area contributed by atoms with Crippen molar-refractivity contribution >= 4 is 6.09 Å². The van der Waals surface area contributed by atoms with Gasteiger partial charge in [0.05, 0.1) is 6.61 Å². The summed E-state index contributed by atoms with van der Waals surface area (Å²) in [5.74, 6) is 0. The lowest BCUT2D eigenvalue weighted by Gasteiger charge is -2.35. The van der Waals surface area contributed by atoms with E-state index >= 15 is 0 Å². The van der Waals surface area contributed by atoms with Gasteiger partial charge in [-0.1, -0.05) is 6.42 Å². The Bertz CT molecular complexity index is 311. The number of nitrogens with zero attached hydrogens (tertiary/aromatic N) is 2. The largest absolute Gasteiger partial charge is 0.450 e. The highest BCUT2D eigenvalue weighted by atomic mass is 16.6. The molecule has 0 aromatic heterocycles. The lowest BCUT2D eigenvalue weighted by Crippen LogP contribution is -2.49. The van der Waals surface area contributed by atoms with Crippen molar-refractivity contribution in [1.82, 2.24) is 15.1 Å². The molecule has 0 aromatic carbocycles. The molecule has 1 atom stereocenters. The first-order valence-corrected chi connectivity index (χ1v) is 8.60. The van der Waals surface area contributed by atoms with Crippen LogP contribution in [0.15, 0.2) is 0 Å². The van der Waals surface area contributed by atoms with Crippen LogP contribution in [0.1, 0.15) is 46.0 Å². The quantitative estimate of drug-likeness (QED) is 0.844. The van der Waals surface area contributed by atoms with Crippen LogP contribution in [-0.2, 0) is 4.74 Å². The summed E-state index contributed by atoms with van der Waals surface area (Å²) >= 11 is 0. The van der Waals surface area contributed by atoms with E-state index in [0.29, 0.717) is 18.7 Å². The summed E-state index contributed by atoms with van der Waals surface area (Å²) in [7, 11) is 0. The average Bonchev–Trinajstić information content (AvgIpc) is 2.54. The second-order valence-electron chi connectivity index (χ2n) is 6.31. The zero-order valence-electron chi connectivity index (χ0n) is 13.6. The fraction of sp³-hybridized carbons (Fsp3) is 0.938. The lowest BCUT2D eigenvalue weighted by molar-refractivity contribution is 0.0937. The van der Waals surface area contributed by atoms with Gasteiger partial charge in [0, 0.05) is 31.7 Å². The first kappa shape index (κ1) is 16.6. The molecular weight excluding hydrogens is 266 g/mol. The van der Waals surface area contributed by atoms with Crippen molar-refractivity contribution in [2.45, 2.75) is 58.0 Å². The molecule has 122 valence electrons. The van der Waals surface area contributed by atoms with Gasteiger partial charge in [-0.3, -0.25) is 4.90 Å². The summed E-state index contributed by atoms with van der Waals surface area (Å²) in [4.78, 5) is 16.1. The summed E-state index contributed by atoms with van der Waals surface area (Å²) in [6.45, 7) is 9.84. The molecule has 0 radical (unpaired) electrons. The second-order valence-corrected chi connectivity index (χ2v) is 6.31. The summed E-state index contributed by atoms with van der Waals surface area (Å²) < 4.78 is 5.05. The third-order valence-electron chi connectivity index (χ3n) is 4.74. The number of likely N-dealkylation sites (tertiary alicyclic amines) is 2. The van der Waals surface area contributed by atoms with Crippen LogP contribution in [-0.4, -0.2) is 67.3 Å². The average molecular weight is 297 g/mol. The van der Waals surface area contributed by atoms with Gasteiger partial charge in [-0.15, -0.1) is 0 Å². The molecule has 0 aromatic rings. The van der Waals surface area contributed by atoms with E-state index in [0.717, 1.165) is 32.5 Å². The smallest absolute Gasteiger partial charge is 0.409 e. The van der Waals surface area contributed by atoms with E-state index in [1.165, 1.54) is 32.4 Å². The van der Waals surface area contributed by atoms with Gasteiger partial charge < -0.3 is 15.0 Å². The van der Waals surface area contributed by atoms with Gasteiger partial charge in [0.2, 0.25) is 0 Å². The van der Waals surface area contributed by atoms with Gasteiger partial charge >= 0.3 is 6.09 Å². The standard InChI is InChI=1S/C16H31N3O2/c1-3-21-16(20)19-11-7-15(8-12-19)17-13-14(2)18-9-5-4-6-10-18/h14-15,17H,3-13H2,1-2H3. The van der Waals surface area contributed by atoms with Gasteiger partial charge in [-0.05, 0) is 52.6 Å². The molecule has 1 amide bonds. The topological polar surface area (TPSA) is 44.8 Å². The maximum Gasteiger partial charge on any atom is 0.409 e. The summed E-state index contributed by atoms with van der Waals surface area (Å²) in [5.41, 5.74) is 0. The molecule has 0 aliphatic carbocycles. The van der Waals surface area contributed by atoms with E-state index in [9.17, 15) is 4.79 Å². The normalized spacial score (nSPS) is 23.0. The fourth-order valence-corrected chi connectivity index (χ4v) is 3.31. The Morgan fingerprint density at radius 2 is 1.86 bits per heavy atom. The zero-order valence-corrected chi connectivity index (χ0v) is 13.6. The first-order valence-electron chi connectivity index (χ1n) is 8.60. The number of amides is 1. The SMILES string of the molecule is CCOC(=O)N1CCC(NCC(C)N2CCCCC2)CC1. The van der Waals surface area contributed by atoms with Crippen molar-refractivity contribution in [3.8, 4) is 0 Å². The van der Waals surface area contributed by atoms with Crippen LogP contribution in [0.3, 0.4) is 0 Å². The molecule has 2 aliphatic heterocycles. The number of piperidine rings is 2. The van der Waals surface area contributed by atoms with Crippen LogP contribution in [0.2, 0.25) is 0 Å². The van der Waals surface area contributed by atoms with Crippen molar-refractivity contribution in [3.05, 3.63) is 0 Å². The van der Waals surface area contributed by atoms with Crippen molar-refractivity contribution in [2.24, 2.45) is 0 Å². The lowest BCUT2D eigenvalue weighted by atomic mass is 10.0. The molecule has 1 unspecified atom stereocenters. The van der Waals surface area contributed by atoms with Gasteiger partial charge in [0.1, 0.15) is 0 Å². The predicted molar refractivity (Wildman–Crippen MR) is 84.5 cm³/mol. The Morgan fingerprint density at radius 3 is 2.48 bits per heavy atom. The van der Waals surface area contributed by atoms with E-state index in [2.05, 4.69) is 17.1 Å². The van der Waals surface area contributed by atoms with E-state index in [4.69, 9.17) is 4.74 Å². The number of hydrogen-bond acceptors (Lipinski definition) is 4. The highest BCUT2D eigenvalue weighted by molar-refractivity contribution is 5.67. The third-order valence-corrected chi connectivity index (χ3v) is 4.74. The highest BCUT2D eigenvalue weighted by Crippen LogP contribution is 2.14. The Morgan fingerprint density at radius 1 is 1.19 bits per heavy atom. The molecule has 2 rings (SSSR count). The van der Waals surface area contributed by atoms with Crippen LogP contribution < -0.4 is 5.32 Å². The zero-order chi connectivity index (χ0) is 15.1. The Labute approximate surface area is 129 Å². The van der Waals surface area contributed by atoms with Crippen molar-refractivity contribution in [1.29, 1.82) is 0 Å². The van der Waals surface area contributed by atoms with E-state index < -0.39 is 0 Å². The van der Waals surface area contributed by atoms with Gasteiger partial charge in [-0.25, -0.2) is 4.79 Å². The molecular formula is C16H31N3O2. The summed E-state index contributed by atoms with van der Waals surface area (Å²) in [6, 6.07) is 1.16. The Balaban J connectivity index is 1.63. The minimum atomic E-state index is -0.155. The maximum absolute atomic E-state index is 11.7. The molecule has 0 saturated carbocycles. The number of hydrogen-bond donors (Lipinski definition) is 1. The molecule has 2 saturated heterocycles. The predicted octanol–water partition coefficient (Wildman–Crippen LogP) is 2.07. The minimum Gasteiger partial charge on any atom is -0.450 e. The molecule has 2 heterocycles. The molecule has 2 aliphatic rings. The number of carbonyl (C=O) groups is 1. The number of nitrogens with one attached hydrogen (secondary N) is 1. The Kier molecular flexibility index (Phi) is 6.77. The molecule has 0 bridgehead atoms. The summed E-state index contributed by atoms with van der Waals surface area (Å²) in [5, 5.41) is 3.69. The second kappa shape index (κ2) is 8.59. The first-order chi connectivity index (χ1) is 10.2. The van der Waals surface area contributed by atoms with Gasteiger partial charge in [-0.2, -0.15) is 0 Å². The summed E-state index contributed by atoms with van der Waals surface area (Å²) in [6.07, 6.45) is 6.00. The Hall–Kier alpha value is -0.810. The monoisotopic (exact) mass is 297 g/mol. The number of ether oxygens (including phenoxy) is 1. The van der Waals surface area contributed by atoms with Crippen molar-refractivity contribution < 1.29 is 9.53 Å². The number of rotatable bonds is 5. The van der Waals surface area contributed by atoms with Crippen LogP contribution in [0.5, 0.6) is 0 Å². The molecule has 5 heteroatoms. The van der Waals surface area contributed by atoms with Gasteiger partial charge in [0.25, 0.3) is 0 Å². The molecule has 0 spiro atoms. The molecule has 5 nitrogen and oxygen atoms in total. The van der Waals surface area contributed by atoms with Crippen LogP contribution in [0.25, 0.3) is 0 Å². The third kappa shape index (κ3) is 5.15. The maximum atomic E-state index is 11.7. The van der Waals surface area contributed by atoms with E-state index in [1.54, 1.807) is 0 Å². The van der Waals surface area contributed by atoms with Crippen LogP contribution in [0.4, 0.5) is 4.79 Å². The molecule has 1 N–H and O–H groups in total. The minimum absolute atomic E-state index is 0.155. The molecule has 2 fully saturated rings. The van der Waals surface area contributed by atoms with Crippen molar-refractivity contribution in [2.75, 3.05) is 39.3 Å². The van der Waals surface area contributed by atoms with E-state index in [1.807, 2.05) is 11.8 Å². The van der Waals surface area contributed by atoms with Crippen molar-refractivity contribution in [3.63, 3.8) is 0 Å². The van der Waals surface area contributed by atoms with Crippen LogP contribution in [0, 0.1) is 0 Å². The molecule has 21 heavy (non-hydrogen) atoms. The number of carbonyl (C=O) groups excluding carboxylic acids is 1. The van der Waals surface area contributed by atoms with E-state index in [-0.39, 0.29) is 6.09 Å². The van der Waals surface area contributed by atoms with Crippen LogP contribution >= 0.6 is 0 Å².